The summed E-state index contributed by atoms with van der Waals surface area (Å²) >= 11 is 0. The van der Waals surface area contributed by atoms with E-state index in [2.05, 4.69) is 22.2 Å². The molecule has 1 amide bonds. The van der Waals surface area contributed by atoms with E-state index in [1.165, 1.54) is 18.4 Å². The first-order chi connectivity index (χ1) is 10.8. The van der Waals surface area contributed by atoms with E-state index >= 15 is 0 Å². The van der Waals surface area contributed by atoms with Gasteiger partial charge < -0.3 is 4.90 Å². The second-order valence-electron chi connectivity index (χ2n) is 6.71. The lowest BCUT2D eigenvalue weighted by atomic mass is 9.86. The minimum absolute atomic E-state index is 0.0266. The third kappa shape index (κ3) is 1.68. The molecule has 1 unspecified atom stereocenters. The van der Waals surface area contributed by atoms with Gasteiger partial charge in [-0.2, -0.15) is 0 Å². The first kappa shape index (κ1) is 12.4. The number of carbonyl (C=O) groups excluding carboxylic acids is 1. The topological polar surface area (TPSA) is 51.0 Å². The van der Waals surface area contributed by atoms with E-state index < -0.39 is 0 Å². The van der Waals surface area contributed by atoms with Crippen LogP contribution >= 0.6 is 0 Å². The van der Waals surface area contributed by atoms with Crippen molar-refractivity contribution in [2.45, 2.75) is 37.8 Å². The molecule has 1 aliphatic carbocycles. The Morgan fingerprint density at radius 3 is 2.73 bits per heavy atom. The minimum Gasteiger partial charge on any atom is -0.333 e. The molecule has 3 aliphatic heterocycles. The lowest BCUT2D eigenvalue weighted by Gasteiger charge is -2.24. The summed E-state index contributed by atoms with van der Waals surface area (Å²) in [7, 11) is 0. The first-order valence-corrected chi connectivity index (χ1v) is 8.11. The third-order valence-corrected chi connectivity index (χ3v) is 5.38. The molecule has 1 atom stereocenters. The summed E-state index contributed by atoms with van der Waals surface area (Å²) in [6, 6.07) is 11.0. The van der Waals surface area contributed by atoms with Crippen molar-refractivity contribution in [3.05, 3.63) is 47.5 Å². The highest BCUT2D eigenvalue weighted by molar-refractivity contribution is 5.91. The number of carbonyl (C=O) groups is 1. The molecule has 112 valence electrons. The number of amides is 1. The fourth-order valence-corrected chi connectivity index (χ4v) is 4.15. The maximum Gasteiger partial charge on any atom is 0.293 e. The molecule has 2 aromatic rings. The summed E-state index contributed by atoms with van der Waals surface area (Å²) in [5, 5.41) is 4.56. The SMILES string of the molecule is O=C(c1nc2n(n1)C(c1ccccc1)CC2)N1CC2CC1C2. The Kier molecular flexibility index (Phi) is 2.48. The van der Waals surface area contributed by atoms with E-state index in [1.807, 2.05) is 27.8 Å². The smallest absolute Gasteiger partial charge is 0.293 e. The normalized spacial score (nSPS) is 28.5. The summed E-state index contributed by atoms with van der Waals surface area (Å²) < 4.78 is 1.96. The summed E-state index contributed by atoms with van der Waals surface area (Å²) in [4.78, 5) is 19.1. The van der Waals surface area contributed by atoms with Crippen LogP contribution < -0.4 is 0 Å². The van der Waals surface area contributed by atoms with Crippen molar-refractivity contribution in [1.82, 2.24) is 19.7 Å². The summed E-state index contributed by atoms with van der Waals surface area (Å²) in [5.74, 6) is 2.09. The lowest BCUT2D eigenvalue weighted by molar-refractivity contribution is 0.0738. The predicted octanol–water partition coefficient (Wildman–Crippen LogP) is 2.05. The zero-order chi connectivity index (χ0) is 14.7. The number of hydrogen-bond donors (Lipinski definition) is 0. The molecule has 1 aromatic carbocycles. The highest BCUT2D eigenvalue weighted by Gasteiger charge is 2.46. The van der Waals surface area contributed by atoms with Gasteiger partial charge in [0, 0.05) is 19.0 Å². The van der Waals surface area contributed by atoms with Crippen LogP contribution in [0.15, 0.2) is 30.3 Å². The van der Waals surface area contributed by atoms with Gasteiger partial charge in [-0.3, -0.25) is 4.79 Å². The molecule has 3 fully saturated rings. The monoisotopic (exact) mass is 294 g/mol. The highest BCUT2D eigenvalue weighted by Crippen LogP contribution is 2.41. The van der Waals surface area contributed by atoms with Crippen LogP contribution in [-0.4, -0.2) is 38.2 Å². The number of aryl methyl sites for hydroxylation is 1. The summed E-state index contributed by atoms with van der Waals surface area (Å²) in [6.07, 6.45) is 4.26. The molecular formula is C17H18N4O. The van der Waals surface area contributed by atoms with Crippen LogP contribution in [-0.2, 0) is 6.42 Å². The van der Waals surface area contributed by atoms with E-state index in [4.69, 9.17) is 0 Å². The third-order valence-electron chi connectivity index (χ3n) is 5.38. The molecule has 6 rings (SSSR count). The predicted molar refractivity (Wildman–Crippen MR) is 80.5 cm³/mol. The van der Waals surface area contributed by atoms with Gasteiger partial charge in [-0.15, -0.1) is 5.10 Å². The van der Waals surface area contributed by atoms with Crippen LogP contribution in [0, 0.1) is 5.92 Å². The zero-order valence-electron chi connectivity index (χ0n) is 12.4. The van der Waals surface area contributed by atoms with Crippen molar-refractivity contribution in [3.8, 4) is 0 Å². The van der Waals surface area contributed by atoms with Crippen LogP contribution in [0.4, 0.5) is 0 Å². The van der Waals surface area contributed by atoms with Gasteiger partial charge >= 0.3 is 0 Å². The quantitative estimate of drug-likeness (QED) is 0.852. The molecule has 0 spiro atoms. The average Bonchev–Trinajstić information content (AvgIpc) is 3.25. The van der Waals surface area contributed by atoms with E-state index in [1.54, 1.807) is 0 Å². The van der Waals surface area contributed by atoms with Crippen LogP contribution in [0.2, 0.25) is 0 Å². The molecule has 0 radical (unpaired) electrons. The maximum absolute atomic E-state index is 12.6. The van der Waals surface area contributed by atoms with Crippen LogP contribution in [0.1, 0.15) is 47.3 Å². The molecule has 5 nitrogen and oxygen atoms in total. The van der Waals surface area contributed by atoms with Crippen LogP contribution in [0.5, 0.6) is 0 Å². The Morgan fingerprint density at radius 2 is 2.00 bits per heavy atom. The lowest BCUT2D eigenvalue weighted by Crippen LogP contribution is -2.34. The molecule has 2 saturated heterocycles. The summed E-state index contributed by atoms with van der Waals surface area (Å²) in [5.41, 5.74) is 1.24. The van der Waals surface area contributed by atoms with Crippen molar-refractivity contribution >= 4 is 5.91 Å². The molecule has 0 N–H and O–H groups in total. The van der Waals surface area contributed by atoms with Gasteiger partial charge in [-0.1, -0.05) is 30.3 Å². The fourth-order valence-electron chi connectivity index (χ4n) is 4.15. The van der Waals surface area contributed by atoms with Crippen molar-refractivity contribution in [2.75, 3.05) is 6.54 Å². The number of rotatable bonds is 2. The number of fused-ring (bicyclic) bond motifs is 2. The minimum atomic E-state index is 0.0266. The van der Waals surface area contributed by atoms with Gasteiger partial charge in [0.2, 0.25) is 5.82 Å². The molecule has 22 heavy (non-hydrogen) atoms. The Morgan fingerprint density at radius 1 is 1.18 bits per heavy atom. The van der Waals surface area contributed by atoms with Crippen molar-refractivity contribution in [3.63, 3.8) is 0 Å². The Hall–Kier alpha value is -2.17. The van der Waals surface area contributed by atoms with Gasteiger partial charge in [0.05, 0.1) is 6.04 Å². The second-order valence-corrected chi connectivity index (χ2v) is 6.71. The zero-order valence-corrected chi connectivity index (χ0v) is 12.4. The largest absolute Gasteiger partial charge is 0.333 e. The molecule has 4 aliphatic rings. The number of hydrogen-bond acceptors (Lipinski definition) is 3. The maximum atomic E-state index is 12.6. The van der Waals surface area contributed by atoms with Gasteiger partial charge in [0.1, 0.15) is 5.82 Å². The second kappa shape index (κ2) is 4.41. The Labute approximate surface area is 129 Å². The van der Waals surface area contributed by atoms with Crippen molar-refractivity contribution in [1.29, 1.82) is 0 Å². The highest BCUT2D eigenvalue weighted by atomic mass is 16.2. The molecular weight excluding hydrogens is 276 g/mol. The van der Waals surface area contributed by atoms with E-state index in [0.29, 0.717) is 11.9 Å². The van der Waals surface area contributed by atoms with Gasteiger partial charge in [0.25, 0.3) is 5.91 Å². The molecule has 2 bridgehead atoms. The van der Waals surface area contributed by atoms with E-state index in [9.17, 15) is 4.79 Å². The van der Waals surface area contributed by atoms with Gasteiger partial charge in [-0.05, 0) is 30.7 Å². The fraction of sp³-hybridized carbons (Fsp3) is 0.471. The van der Waals surface area contributed by atoms with Crippen LogP contribution in [0.25, 0.3) is 0 Å². The molecule has 1 saturated carbocycles. The Balaban J connectivity index is 1.45. The average molecular weight is 294 g/mol. The molecule has 4 heterocycles. The number of aromatic nitrogens is 3. The van der Waals surface area contributed by atoms with E-state index in [-0.39, 0.29) is 11.9 Å². The van der Waals surface area contributed by atoms with E-state index in [0.717, 1.165) is 31.1 Å². The first-order valence-electron chi connectivity index (χ1n) is 8.11. The summed E-state index contributed by atoms with van der Waals surface area (Å²) in [6.45, 7) is 0.898. The standard InChI is InChI=1S/C17H18N4O/c22-17(20-10-11-8-13(20)9-11)16-18-15-7-6-14(21(15)19-16)12-4-2-1-3-5-12/h1-5,11,13-14H,6-10H2. The number of nitrogens with zero attached hydrogens (tertiary/aromatic N) is 4. The molecule has 1 aromatic heterocycles. The van der Waals surface area contributed by atoms with Crippen molar-refractivity contribution < 1.29 is 4.79 Å². The van der Waals surface area contributed by atoms with Gasteiger partial charge in [0.15, 0.2) is 0 Å². The van der Waals surface area contributed by atoms with Crippen LogP contribution in [0.3, 0.4) is 0 Å². The number of benzene rings is 1. The van der Waals surface area contributed by atoms with Gasteiger partial charge in [-0.25, -0.2) is 9.67 Å². The van der Waals surface area contributed by atoms with Crippen molar-refractivity contribution in [2.24, 2.45) is 5.92 Å². The Bertz CT molecular complexity index is 732. The molecule has 5 heteroatoms.